The van der Waals surface area contributed by atoms with Crippen molar-refractivity contribution < 1.29 is 19.4 Å². The Balaban J connectivity index is 1.82. The van der Waals surface area contributed by atoms with Gasteiger partial charge in [0.25, 0.3) is 5.91 Å². The number of carboxylic acid groups (broad SMARTS) is 1. The number of aliphatic carboxylic acids is 1. The largest absolute Gasteiger partial charge is 0.481 e. The molecule has 23 heavy (non-hydrogen) atoms. The van der Waals surface area contributed by atoms with E-state index >= 15 is 0 Å². The summed E-state index contributed by atoms with van der Waals surface area (Å²) in [6, 6.07) is 7.83. The number of hydrogen-bond donors (Lipinski definition) is 1. The lowest BCUT2D eigenvalue weighted by atomic mass is 9.76. The fourth-order valence-electron chi connectivity index (χ4n) is 3.68. The third-order valence-electron chi connectivity index (χ3n) is 5.36. The third kappa shape index (κ3) is 2.63. The maximum atomic E-state index is 12.9. The summed E-state index contributed by atoms with van der Waals surface area (Å²) in [5.74, 6) is -0.939. The normalized spacial score (nSPS) is 27.1. The van der Waals surface area contributed by atoms with Crippen LogP contribution in [-0.2, 0) is 20.7 Å². The fraction of sp³-hybridized carbons (Fsp3) is 0.556. The summed E-state index contributed by atoms with van der Waals surface area (Å²) in [5, 5.41) is 9.63. The van der Waals surface area contributed by atoms with Gasteiger partial charge in [0.15, 0.2) is 6.10 Å². The van der Waals surface area contributed by atoms with Gasteiger partial charge in [-0.3, -0.25) is 9.59 Å². The van der Waals surface area contributed by atoms with Crippen LogP contribution in [0, 0.1) is 11.3 Å². The number of carbonyl (C=O) groups is 2. The monoisotopic (exact) mass is 317 g/mol. The number of carboxylic acids is 1. The number of fused-ring (bicyclic) bond motifs is 1. The first-order chi connectivity index (χ1) is 11.0. The highest BCUT2D eigenvalue weighted by Gasteiger charge is 2.49. The molecule has 0 aromatic heterocycles. The molecular weight excluding hydrogens is 294 g/mol. The van der Waals surface area contributed by atoms with Crippen LogP contribution < -0.4 is 0 Å². The Morgan fingerprint density at radius 3 is 2.74 bits per heavy atom. The maximum Gasteiger partial charge on any atom is 0.311 e. The molecule has 1 amide bonds. The van der Waals surface area contributed by atoms with Gasteiger partial charge in [0.05, 0.1) is 12.0 Å². The van der Waals surface area contributed by atoms with Crippen LogP contribution in [0.1, 0.15) is 37.5 Å². The van der Waals surface area contributed by atoms with Crippen molar-refractivity contribution in [1.82, 2.24) is 4.90 Å². The third-order valence-corrected chi connectivity index (χ3v) is 5.36. The van der Waals surface area contributed by atoms with Crippen LogP contribution in [0.3, 0.4) is 0 Å². The molecule has 0 saturated carbocycles. The zero-order chi connectivity index (χ0) is 16.6. The standard InChI is InChI=1S/C18H23NO4/c1-12(2)18(17(21)22)8-9-19(11-18)16(20)15-14-6-4-3-5-13(14)7-10-23-15/h3-6,12,15H,7-11H2,1-2H3,(H,21,22). The van der Waals surface area contributed by atoms with Crippen LogP contribution in [0.15, 0.2) is 24.3 Å². The first-order valence-electron chi connectivity index (χ1n) is 8.17. The van der Waals surface area contributed by atoms with Crippen LogP contribution in [0.4, 0.5) is 0 Å². The highest BCUT2D eigenvalue weighted by atomic mass is 16.5. The molecule has 2 aliphatic rings. The Bertz CT molecular complexity index is 627. The summed E-state index contributed by atoms with van der Waals surface area (Å²) in [6.45, 7) is 5.09. The second-order valence-electron chi connectivity index (χ2n) is 6.83. The van der Waals surface area contributed by atoms with Crippen LogP contribution in [0.2, 0.25) is 0 Å². The zero-order valence-electron chi connectivity index (χ0n) is 13.6. The van der Waals surface area contributed by atoms with Gasteiger partial charge in [0.1, 0.15) is 0 Å². The van der Waals surface area contributed by atoms with Gasteiger partial charge in [0.2, 0.25) is 0 Å². The highest BCUT2D eigenvalue weighted by molar-refractivity contribution is 5.85. The van der Waals surface area contributed by atoms with Crippen LogP contribution in [0.5, 0.6) is 0 Å². The topological polar surface area (TPSA) is 66.8 Å². The maximum absolute atomic E-state index is 12.9. The van der Waals surface area contributed by atoms with E-state index in [1.807, 2.05) is 38.1 Å². The number of benzene rings is 1. The van der Waals surface area contributed by atoms with Gasteiger partial charge in [-0.25, -0.2) is 0 Å². The Hall–Kier alpha value is -1.88. The molecule has 124 valence electrons. The molecule has 0 spiro atoms. The first kappa shape index (κ1) is 16.0. The van der Waals surface area contributed by atoms with E-state index in [9.17, 15) is 14.7 Å². The fourth-order valence-corrected chi connectivity index (χ4v) is 3.68. The average molecular weight is 317 g/mol. The number of hydrogen-bond acceptors (Lipinski definition) is 3. The quantitative estimate of drug-likeness (QED) is 0.928. The molecule has 0 aliphatic carbocycles. The summed E-state index contributed by atoms with van der Waals surface area (Å²) in [4.78, 5) is 26.3. The molecule has 5 heteroatoms. The minimum absolute atomic E-state index is 0.0163. The van der Waals surface area contributed by atoms with E-state index in [4.69, 9.17) is 4.74 Å². The van der Waals surface area contributed by atoms with Crippen molar-refractivity contribution in [2.45, 2.75) is 32.8 Å². The van der Waals surface area contributed by atoms with Gasteiger partial charge >= 0.3 is 5.97 Å². The van der Waals surface area contributed by atoms with Gasteiger partial charge in [-0.2, -0.15) is 0 Å². The first-order valence-corrected chi connectivity index (χ1v) is 8.17. The second-order valence-corrected chi connectivity index (χ2v) is 6.83. The molecule has 2 unspecified atom stereocenters. The lowest BCUT2D eigenvalue weighted by Crippen LogP contribution is -2.42. The Kier molecular flexibility index (Phi) is 4.15. The van der Waals surface area contributed by atoms with E-state index in [-0.39, 0.29) is 18.4 Å². The van der Waals surface area contributed by atoms with E-state index in [0.29, 0.717) is 19.6 Å². The molecule has 0 bridgehead atoms. The minimum Gasteiger partial charge on any atom is -0.481 e. The van der Waals surface area contributed by atoms with Crippen molar-refractivity contribution in [2.75, 3.05) is 19.7 Å². The number of ether oxygens (including phenoxy) is 1. The number of amides is 1. The summed E-state index contributed by atoms with van der Waals surface area (Å²) < 4.78 is 5.73. The predicted molar refractivity (Wildman–Crippen MR) is 84.9 cm³/mol. The molecule has 2 aliphatic heterocycles. The molecule has 1 fully saturated rings. The number of nitrogens with zero attached hydrogens (tertiary/aromatic N) is 1. The van der Waals surface area contributed by atoms with Gasteiger partial charge in [-0.1, -0.05) is 38.1 Å². The average Bonchev–Trinajstić information content (AvgIpc) is 3.00. The molecule has 2 heterocycles. The lowest BCUT2D eigenvalue weighted by molar-refractivity contribution is -0.152. The van der Waals surface area contributed by atoms with Crippen LogP contribution in [0.25, 0.3) is 0 Å². The van der Waals surface area contributed by atoms with Crippen molar-refractivity contribution in [3.8, 4) is 0 Å². The minimum atomic E-state index is -0.843. The molecule has 3 rings (SSSR count). The molecule has 1 N–H and O–H groups in total. The SMILES string of the molecule is CC(C)C1(C(=O)O)CCN(C(=O)C2OCCc3ccccc32)C1. The summed E-state index contributed by atoms with van der Waals surface area (Å²) in [7, 11) is 0. The Morgan fingerprint density at radius 2 is 2.09 bits per heavy atom. The summed E-state index contributed by atoms with van der Waals surface area (Å²) in [6.07, 6.45) is 0.710. The molecular formula is C18H23NO4. The van der Waals surface area contributed by atoms with Gasteiger partial charge in [-0.05, 0) is 29.9 Å². The lowest BCUT2D eigenvalue weighted by Gasteiger charge is -2.31. The molecule has 2 atom stereocenters. The van der Waals surface area contributed by atoms with Gasteiger partial charge in [-0.15, -0.1) is 0 Å². The van der Waals surface area contributed by atoms with Crippen molar-refractivity contribution >= 4 is 11.9 Å². The second kappa shape index (κ2) is 5.96. The Labute approximate surface area is 136 Å². The van der Waals surface area contributed by atoms with E-state index in [2.05, 4.69) is 0 Å². The summed E-state index contributed by atoms with van der Waals surface area (Å²) in [5.41, 5.74) is 1.22. The number of likely N-dealkylation sites (tertiary alicyclic amines) is 1. The van der Waals surface area contributed by atoms with Crippen molar-refractivity contribution in [3.63, 3.8) is 0 Å². The van der Waals surface area contributed by atoms with Crippen LogP contribution >= 0.6 is 0 Å². The summed E-state index contributed by atoms with van der Waals surface area (Å²) >= 11 is 0. The van der Waals surface area contributed by atoms with Crippen molar-refractivity contribution in [1.29, 1.82) is 0 Å². The van der Waals surface area contributed by atoms with Gasteiger partial charge < -0.3 is 14.7 Å². The molecule has 1 aromatic rings. The molecule has 1 aromatic carbocycles. The van der Waals surface area contributed by atoms with Crippen molar-refractivity contribution in [2.24, 2.45) is 11.3 Å². The molecule has 5 nitrogen and oxygen atoms in total. The van der Waals surface area contributed by atoms with Crippen LogP contribution in [-0.4, -0.2) is 41.6 Å². The number of rotatable bonds is 3. The van der Waals surface area contributed by atoms with E-state index in [0.717, 1.165) is 17.5 Å². The van der Waals surface area contributed by atoms with E-state index in [1.165, 1.54) is 0 Å². The molecule has 0 radical (unpaired) electrons. The molecule has 1 saturated heterocycles. The van der Waals surface area contributed by atoms with E-state index < -0.39 is 17.5 Å². The Morgan fingerprint density at radius 1 is 1.35 bits per heavy atom. The van der Waals surface area contributed by atoms with E-state index in [1.54, 1.807) is 4.90 Å². The number of carbonyl (C=O) groups excluding carboxylic acids is 1. The van der Waals surface area contributed by atoms with Gasteiger partial charge in [0, 0.05) is 13.1 Å². The highest BCUT2D eigenvalue weighted by Crippen LogP contribution is 2.40. The smallest absolute Gasteiger partial charge is 0.311 e. The zero-order valence-corrected chi connectivity index (χ0v) is 13.6. The van der Waals surface area contributed by atoms with Crippen molar-refractivity contribution in [3.05, 3.63) is 35.4 Å². The predicted octanol–water partition coefficient (Wildman–Crippen LogP) is 2.26.